The molecule has 1 aromatic heterocycles. The Labute approximate surface area is 160 Å². The molecular weight excluding hydrogens is 365 g/mol. The van der Waals surface area contributed by atoms with Crippen LogP contribution in [-0.2, 0) is 22.6 Å². The molecule has 0 aliphatic heterocycles. The highest BCUT2D eigenvalue weighted by molar-refractivity contribution is 7.13. The summed E-state index contributed by atoms with van der Waals surface area (Å²) in [5.74, 6) is -0.673. The Morgan fingerprint density at radius 3 is 2.56 bits per heavy atom. The normalized spacial score (nSPS) is 10.4. The fraction of sp³-hybridized carbons (Fsp3) is 0.150. The first-order valence-corrected chi connectivity index (χ1v) is 9.22. The van der Waals surface area contributed by atoms with Gasteiger partial charge in [-0.3, -0.25) is 9.59 Å². The van der Waals surface area contributed by atoms with E-state index in [1.165, 1.54) is 24.3 Å². The van der Waals surface area contributed by atoms with Gasteiger partial charge in [0.15, 0.2) is 0 Å². The van der Waals surface area contributed by atoms with E-state index in [-0.39, 0.29) is 30.6 Å². The number of carbonyl (C=O) groups is 2. The summed E-state index contributed by atoms with van der Waals surface area (Å²) >= 11 is 1.44. The van der Waals surface area contributed by atoms with Crippen LogP contribution in [-0.4, -0.2) is 16.8 Å². The van der Waals surface area contributed by atoms with Crippen molar-refractivity contribution in [3.8, 4) is 10.6 Å². The molecule has 138 valence electrons. The second-order valence-corrected chi connectivity index (χ2v) is 6.81. The molecule has 0 radical (unpaired) electrons. The maximum atomic E-state index is 13.6. The summed E-state index contributed by atoms with van der Waals surface area (Å²) in [5.41, 5.74) is 2.73. The molecule has 0 saturated heterocycles. The van der Waals surface area contributed by atoms with Crippen molar-refractivity contribution in [3.63, 3.8) is 0 Å². The lowest BCUT2D eigenvalue weighted by molar-refractivity contribution is -0.120. The van der Waals surface area contributed by atoms with Crippen LogP contribution in [0.3, 0.4) is 0 Å². The molecule has 2 aromatic carbocycles. The Balaban J connectivity index is 1.58. The third kappa shape index (κ3) is 5.21. The van der Waals surface area contributed by atoms with Crippen molar-refractivity contribution in [2.24, 2.45) is 0 Å². The molecule has 0 aliphatic rings. The number of benzene rings is 2. The van der Waals surface area contributed by atoms with Crippen molar-refractivity contribution in [1.29, 1.82) is 0 Å². The van der Waals surface area contributed by atoms with E-state index in [9.17, 15) is 14.0 Å². The van der Waals surface area contributed by atoms with Gasteiger partial charge in [-0.1, -0.05) is 18.2 Å². The average molecular weight is 383 g/mol. The summed E-state index contributed by atoms with van der Waals surface area (Å²) in [6.07, 6.45) is 0.134. The maximum Gasteiger partial charge on any atom is 0.226 e. The zero-order valence-corrected chi connectivity index (χ0v) is 15.5. The van der Waals surface area contributed by atoms with E-state index in [0.29, 0.717) is 11.3 Å². The van der Waals surface area contributed by atoms with Gasteiger partial charge < -0.3 is 10.6 Å². The highest BCUT2D eigenvalue weighted by Crippen LogP contribution is 2.25. The number of anilines is 1. The van der Waals surface area contributed by atoms with Crippen LogP contribution in [0.5, 0.6) is 0 Å². The summed E-state index contributed by atoms with van der Waals surface area (Å²) in [6.45, 7) is 1.60. The van der Waals surface area contributed by atoms with Crippen LogP contribution >= 0.6 is 11.3 Å². The van der Waals surface area contributed by atoms with Crippen LogP contribution < -0.4 is 10.6 Å². The Bertz CT molecular complexity index is 954. The van der Waals surface area contributed by atoms with Crippen LogP contribution in [0.4, 0.5) is 10.1 Å². The number of halogens is 1. The van der Waals surface area contributed by atoms with Crippen LogP contribution in [0, 0.1) is 5.82 Å². The molecule has 0 saturated carbocycles. The van der Waals surface area contributed by atoms with Crippen molar-refractivity contribution < 1.29 is 14.0 Å². The molecule has 0 atom stereocenters. The van der Waals surface area contributed by atoms with E-state index < -0.39 is 0 Å². The van der Waals surface area contributed by atoms with E-state index in [1.807, 2.05) is 17.5 Å². The number of rotatable bonds is 6. The minimum Gasteiger partial charge on any atom is -0.352 e. The van der Waals surface area contributed by atoms with Gasteiger partial charge >= 0.3 is 0 Å². The number of hydrogen-bond donors (Lipinski definition) is 2. The zero-order valence-electron chi connectivity index (χ0n) is 14.7. The lowest BCUT2D eigenvalue weighted by Crippen LogP contribution is -2.25. The van der Waals surface area contributed by atoms with Gasteiger partial charge in [0.1, 0.15) is 10.8 Å². The zero-order chi connectivity index (χ0) is 19.2. The summed E-state index contributed by atoms with van der Waals surface area (Å²) < 4.78 is 13.6. The van der Waals surface area contributed by atoms with Crippen LogP contribution in [0.25, 0.3) is 10.6 Å². The monoisotopic (exact) mass is 383 g/mol. The molecule has 5 nitrogen and oxygen atoms in total. The number of hydrogen-bond acceptors (Lipinski definition) is 4. The van der Waals surface area contributed by atoms with E-state index in [1.54, 1.807) is 30.3 Å². The number of nitrogens with one attached hydrogen (secondary N) is 2. The largest absolute Gasteiger partial charge is 0.352 e. The van der Waals surface area contributed by atoms with Gasteiger partial charge in [-0.05, 0) is 30.3 Å². The third-order valence-electron chi connectivity index (χ3n) is 3.78. The van der Waals surface area contributed by atoms with E-state index in [4.69, 9.17) is 0 Å². The number of amides is 2. The molecule has 0 aliphatic carbocycles. The first-order valence-electron chi connectivity index (χ1n) is 8.34. The predicted molar refractivity (Wildman–Crippen MR) is 104 cm³/mol. The molecule has 3 aromatic rings. The van der Waals surface area contributed by atoms with Crippen LogP contribution in [0.2, 0.25) is 0 Å². The topological polar surface area (TPSA) is 71.1 Å². The molecule has 0 spiro atoms. The summed E-state index contributed by atoms with van der Waals surface area (Å²) in [6, 6.07) is 13.7. The molecule has 0 bridgehead atoms. The predicted octanol–water partition coefficient (Wildman–Crippen LogP) is 3.77. The van der Waals surface area contributed by atoms with Crippen molar-refractivity contribution in [3.05, 3.63) is 71.0 Å². The fourth-order valence-electron chi connectivity index (χ4n) is 2.48. The average Bonchev–Trinajstić information content (AvgIpc) is 3.09. The van der Waals surface area contributed by atoms with Crippen LogP contribution in [0.15, 0.2) is 53.9 Å². The molecule has 0 unspecified atom stereocenters. The lowest BCUT2D eigenvalue weighted by atomic mass is 10.2. The number of carbonyl (C=O) groups excluding carboxylic acids is 2. The Morgan fingerprint density at radius 1 is 1.11 bits per heavy atom. The van der Waals surface area contributed by atoms with Crippen molar-refractivity contribution in [2.45, 2.75) is 19.9 Å². The number of aromatic nitrogens is 1. The third-order valence-corrected chi connectivity index (χ3v) is 4.72. The number of nitrogens with zero attached hydrogens (tertiary/aromatic N) is 1. The lowest BCUT2D eigenvalue weighted by Gasteiger charge is -2.05. The van der Waals surface area contributed by atoms with Gasteiger partial charge in [-0.25, -0.2) is 9.37 Å². The molecule has 2 N–H and O–H groups in total. The molecule has 7 heteroatoms. The SMILES string of the molecule is CC(=O)Nc1ccc(-c2nc(CC(=O)NCc3ccccc3F)cs2)cc1. The minimum atomic E-state index is -0.337. The fourth-order valence-corrected chi connectivity index (χ4v) is 3.31. The molecule has 3 rings (SSSR count). The van der Waals surface area contributed by atoms with Gasteiger partial charge in [0.05, 0.1) is 12.1 Å². The van der Waals surface area contributed by atoms with Crippen molar-refractivity contribution >= 4 is 28.8 Å². The Kier molecular flexibility index (Phi) is 5.93. The Hall–Kier alpha value is -3.06. The maximum absolute atomic E-state index is 13.6. The number of thiazole rings is 1. The standard InChI is InChI=1S/C20H18FN3O2S/c1-13(25)23-16-8-6-14(7-9-16)20-24-17(12-27-20)10-19(26)22-11-15-4-2-3-5-18(15)21/h2-9,12H,10-11H2,1H3,(H,22,26)(H,23,25). The van der Waals surface area contributed by atoms with E-state index >= 15 is 0 Å². The summed E-state index contributed by atoms with van der Waals surface area (Å²) in [4.78, 5) is 27.6. The van der Waals surface area contributed by atoms with Gasteiger partial charge in [0, 0.05) is 35.7 Å². The van der Waals surface area contributed by atoms with Gasteiger partial charge in [0.2, 0.25) is 11.8 Å². The molecule has 2 amide bonds. The summed E-state index contributed by atoms with van der Waals surface area (Å²) in [5, 5.41) is 8.05. The first-order chi connectivity index (χ1) is 13.0. The van der Waals surface area contributed by atoms with Gasteiger partial charge in [-0.15, -0.1) is 11.3 Å². The minimum absolute atomic E-state index is 0.124. The molecule has 27 heavy (non-hydrogen) atoms. The van der Waals surface area contributed by atoms with E-state index in [2.05, 4.69) is 15.6 Å². The highest BCUT2D eigenvalue weighted by atomic mass is 32.1. The van der Waals surface area contributed by atoms with Crippen molar-refractivity contribution in [1.82, 2.24) is 10.3 Å². The smallest absolute Gasteiger partial charge is 0.226 e. The van der Waals surface area contributed by atoms with Crippen LogP contribution in [0.1, 0.15) is 18.2 Å². The molecular formula is C20H18FN3O2S. The van der Waals surface area contributed by atoms with Crippen molar-refractivity contribution in [2.75, 3.05) is 5.32 Å². The highest BCUT2D eigenvalue weighted by Gasteiger charge is 2.10. The van der Waals surface area contributed by atoms with Gasteiger partial charge in [0.25, 0.3) is 0 Å². The quantitative estimate of drug-likeness (QED) is 0.681. The van der Waals surface area contributed by atoms with E-state index in [0.717, 1.165) is 16.3 Å². The second kappa shape index (κ2) is 8.55. The summed E-state index contributed by atoms with van der Waals surface area (Å²) in [7, 11) is 0. The Morgan fingerprint density at radius 2 is 1.85 bits per heavy atom. The molecule has 0 fully saturated rings. The molecule has 1 heterocycles. The first kappa shape index (κ1) is 18.7. The van der Waals surface area contributed by atoms with Gasteiger partial charge in [-0.2, -0.15) is 0 Å². The second-order valence-electron chi connectivity index (χ2n) is 5.95.